The van der Waals surface area contributed by atoms with E-state index in [-0.39, 0.29) is 0 Å². The molecule has 2 aromatic carbocycles. The number of aromatic nitrogens is 1. The molecule has 0 saturated heterocycles. The van der Waals surface area contributed by atoms with Crippen molar-refractivity contribution >= 4 is 22.4 Å². The summed E-state index contributed by atoms with van der Waals surface area (Å²) in [5.74, 6) is -0.860. The molecule has 1 aromatic heterocycles. The lowest BCUT2D eigenvalue weighted by atomic mass is 9.99. The molecule has 0 aliphatic carbocycles. The number of aromatic carboxylic acids is 1. The average Bonchev–Trinajstić information content (AvgIpc) is 3.15. The molecule has 4 nitrogen and oxygen atoms in total. The van der Waals surface area contributed by atoms with Gasteiger partial charge in [-0.3, -0.25) is 4.90 Å². The molecule has 3 aromatic rings. The maximum atomic E-state index is 11.5. The van der Waals surface area contributed by atoms with Gasteiger partial charge in [0.2, 0.25) is 0 Å². The van der Waals surface area contributed by atoms with Gasteiger partial charge in [0.05, 0.1) is 5.56 Å². The number of nitrogens with zero attached hydrogens (tertiary/aromatic N) is 1. The summed E-state index contributed by atoms with van der Waals surface area (Å²) in [7, 11) is 0. The van der Waals surface area contributed by atoms with Gasteiger partial charge in [0.25, 0.3) is 0 Å². The van der Waals surface area contributed by atoms with Crippen LogP contribution < -0.4 is 0 Å². The van der Waals surface area contributed by atoms with Gasteiger partial charge >= 0.3 is 5.97 Å². The van der Waals surface area contributed by atoms with Crippen LogP contribution in [0, 0.1) is 0 Å². The van der Waals surface area contributed by atoms with Crippen molar-refractivity contribution in [1.82, 2.24) is 9.88 Å². The molecule has 0 spiro atoms. The molecule has 4 heteroatoms. The average molecular weight is 374 g/mol. The monoisotopic (exact) mass is 374 g/mol. The number of aryl methyl sites for hydroxylation is 1. The Morgan fingerprint density at radius 2 is 1.93 bits per heavy atom. The predicted octanol–water partition coefficient (Wildman–Crippen LogP) is 4.98. The minimum absolute atomic E-state index is 0.392. The Kier molecular flexibility index (Phi) is 5.58. The number of fused-ring (bicyclic) bond motifs is 1. The fourth-order valence-electron chi connectivity index (χ4n) is 4.11. The zero-order valence-corrected chi connectivity index (χ0v) is 16.0. The Bertz CT molecular complexity index is 988. The van der Waals surface area contributed by atoms with Gasteiger partial charge < -0.3 is 10.1 Å². The highest BCUT2D eigenvalue weighted by Gasteiger charge is 2.14. The van der Waals surface area contributed by atoms with Crippen LogP contribution in [-0.2, 0) is 6.42 Å². The van der Waals surface area contributed by atoms with Crippen molar-refractivity contribution in [3.63, 3.8) is 0 Å². The molecule has 0 radical (unpaired) electrons. The van der Waals surface area contributed by atoms with Gasteiger partial charge in [-0.15, -0.1) is 0 Å². The standard InChI is InChI=1S/C24H26N2O2/c27-24(28)21-10-6-11-22-23(21)20(17-25-22)9-4-5-14-26-15-12-19(13-16-26)18-7-2-1-3-8-18/h1-3,6-8,10-12,17,25H,4-5,9,13-16H2,(H,27,28). The second-order valence-corrected chi connectivity index (χ2v) is 7.45. The number of rotatable bonds is 7. The quantitative estimate of drug-likeness (QED) is 0.574. The van der Waals surface area contributed by atoms with Crippen molar-refractivity contribution < 1.29 is 9.90 Å². The molecule has 0 atom stereocenters. The van der Waals surface area contributed by atoms with E-state index in [1.54, 1.807) is 12.1 Å². The van der Waals surface area contributed by atoms with Gasteiger partial charge in [-0.05, 0) is 61.1 Å². The summed E-state index contributed by atoms with van der Waals surface area (Å²) in [5.41, 5.74) is 5.21. The van der Waals surface area contributed by atoms with E-state index >= 15 is 0 Å². The van der Waals surface area contributed by atoms with Crippen LogP contribution in [0.5, 0.6) is 0 Å². The van der Waals surface area contributed by atoms with Crippen LogP contribution in [0.25, 0.3) is 16.5 Å². The number of H-pyrrole nitrogens is 1. The number of hydrogen-bond acceptors (Lipinski definition) is 2. The molecule has 0 saturated carbocycles. The van der Waals surface area contributed by atoms with E-state index in [0.29, 0.717) is 5.56 Å². The SMILES string of the molecule is O=C(O)c1cccc2[nH]cc(CCCCN3CC=C(c4ccccc4)CC3)c12. The first-order valence-electron chi connectivity index (χ1n) is 10.0. The highest BCUT2D eigenvalue weighted by atomic mass is 16.4. The first-order valence-corrected chi connectivity index (χ1v) is 10.0. The second-order valence-electron chi connectivity index (χ2n) is 7.45. The van der Waals surface area contributed by atoms with Crippen LogP contribution in [0.15, 0.2) is 60.8 Å². The van der Waals surface area contributed by atoms with Crippen LogP contribution in [0.1, 0.15) is 40.7 Å². The third-order valence-corrected chi connectivity index (χ3v) is 5.63. The Morgan fingerprint density at radius 1 is 1.07 bits per heavy atom. The predicted molar refractivity (Wildman–Crippen MR) is 114 cm³/mol. The van der Waals surface area contributed by atoms with Crippen LogP contribution >= 0.6 is 0 Å². The zero-order chi connectivity index (χ0) is 19.3. The van der Waals surface area contributed by atoms with E-state index in [9.17, 15) is 9.90 Å². The lowest BCUT2D eigenvalue weighted by molar-refractivity contribution is 0.0699. The van der Waals surface area contributed by atoms with E-state index in [2.05, 4.69) is 46.3 Å². The fourth-order valence-corrected chi connectivity index (χ4v) is 4.11. The number of hydrogen-bond donors (Lipinski definition) is 2. The van der Waals surface area contributed by atoms with Gasteiger partial charge in [-0.2, -0.15) is 0 Å². The summed E-state index contributed by atoms with van der Waals surface area (Å²) in [6.07, 6.45) is 8.52. The van der Waals surface area contributed by atoms with Gasteiger partial charge in [0.15, 0.2) is 0 Å². The Morgan fingerprint density at radius 3 is 2.68 bits per heavy atom. The number of unbranched alkanes of at least 4 members (excludes halogenated alkanes) is 1. The summed E-state index contributed by atoms with van der Waals surface area (Å²) in [6, 6.07) is 16.1. The highest BCUT2D eigenvalue weighted by Crippen LogP contribution is 2.25. The van der Waals surface area contributed by atoms with E-state index in [0.717, 1.165) is 61.8 Å². The first-order chi connectivity index (χ1) is 13.7. The number of nitrogens with one attached hydrogen (secondary N) is 1. The van der Waals surface area contributed by atoms with Crippen molar-refractivity contribution in [2.24, 2.45) is 0 Å². The molecular weight excluding hydrogens is 348 g/mol. The molecule has 1 aliphatic rings. The van der Waals surface area contributed by atoms with Gasteiger partial charge in [0, 0.05) is 30.2 Å². The molecule has 4 rings (SSSR count). The Hall–Kier alpha value is -2.85. The molecule has 2 N–H and O–H groups in total. The largest absolute Gasteiger partial charge is 0.478 e. The van der Waals surface area contributed by atoms with Crippen LogP contribution in [0.3, 0.4) is 0 Å². The molecular formula is C24H26N2O2. The highest BCUT2D eigenvalue weighted by molar-refractivity contribution is 6.04. The van der Waals surface area contributed by atoms with Gasteiger partial charge in [-0.1, -0.05) is 42.5 Å². The molecule has 1 aliphatic heterocycles. The number of carboxylic acid groups (broad SMARTS) is 1. The van der Waals surface area contributed by atoms with E-state index < -0.39 is 5.97 Å². The number of carboxylic acids is 1. The van der Waals surface area contributed by atoms with Crippen LogP contribution in [-0.4, -0.2) is 40.6 Å². The van der Waals surface area contributed by atoms with Crippen molar-refractivity contribution in [2.75, 3.05) is 19.6 Å². The van der Waals surface area contributed by atoms with E-state index in [1.807, 2.05) is 12.3 Å². The van der Waals surface area contributed by atoms with Crippen LogP contribution in [0.4, 0.5) is 0 Å². The number of carbonyl (C=O) groups is 1. The fraction of sp³-hybridized carbons (Fsp3) is 0.292. The molecule has 28 heavy (non-hydrogen) atoms. The zero-order valence-electron chi connectivity index (χ0n) is 16.0. The van der Waals surface area contributed by atoms with Gasteiger partial charge in [-0.25, -0.2) is 4.79 Å². The first kappa shape index (κ1) is 18.5. The van der Waals surface area contributed by atoms with Gasteiger partial charge in [0.1, 0.15) is 0 Å². The minimum atomic E-state index is -0.860. The molecule has 0 bridgehead atoms. The normalized spacial score (nSPS) is 14.9. The van der Waals surface area contributed by atoms with E-state index in [1.165, 1.54) is 11.1 Å². The summed E-state index contributed by atoms with van der Waals surface area (Å²) < 4.78 is 0. The number of aromatic amines is 1. The maximum absolute atomic E-state index is 11.5. The summed E-state index contributed by atoms with van der Waals surface area (Å²) in [6.45, 7) is 3.21. The minimum Gasteiger partial charge on any atom is -0.478 e. The second kappa shape index (κ2) is 8.44. The molecule has 0 fully saturated rings. The van der Waals surface area contributed by atoms with Crippen LogP contribution in [0.2, 0.25) is 0 Å². The van der Waals surface area contributed by atoms with Crippen molar-refractivity contribution in [3.05, 3.63) is 77.5 Å². The summed E-state index contributed by atoms with van der Waals surface area (Å²) in [5, 5.41) is 10.3. The van der Waals surface area contributed by atoms with Crippen molar-refractivity contribution in [2.45, 2.75) is 25.7 Å². The molecule has 0 amide bonds. The maximum Gasteiger partial charge on any atom is 0.336 e. The lowest BCUT2D eigenvalue weighted by Gasteiger charge is -2.26. The summed E-state index contributed by atoms with van der Waals surface area (Å²) >= 11 is 0. The number of benzene rings is 2. The summed E-state index contributed by atoms with van der Waals surface area (Å²) in [4.78, 5) is 17.2. The lowest BCUT2D eigenvalue weighted by Crippen LogP contribution is -2.29. The Labute approximate surface area is 165 Å². The molecule has 144 valence electrons. The van der Waals surface area contributed by atoms with E-state index in [4.69, 9.17) is 0 Å². The Balaban J connectivity index is 1.30. The topological polar surface area (TPSA) is 56.3 Å². The molecule has 2 heterocycles. The van der Waals surface area contributed by atoms with Crippen molar-refractivity contribution in [1.29, 1.82) is 0 Å². The third kappa shape index (κ3) is 4.02. The van der Waals surface area contributed by atoms with Crippen molar-refractivity contribution in [3.8, 4) is 0 Å². The smallest absolute Gasteiger partial charge is 0.336 e. The third-order valence-electron chi connectivity index (χ3n) is 5.63. The molecule has 0 unspecified atom stereocenters.